The van der Waals surface area contributed by atoms with Crippen LogP contribution in [-0.4, -0.2) is 171 Å². The molecule has 1 aliphatic rings. The lowest BCUT2D eigenvalue weighted by Gasteiger charge is -2.23. The highest BCUT2D eigenvalue weighted by molar-refractivity contribution is 6.03. The maximum Gasteiger partial charge on any atom is 0.243 e. The van der Waals surface area contributed by atoms with Crippen molar-refractivity contribution in [2.75, 3.05) is 119 Å². The summed E-state index contributed by atoms with van der Waals surface area (Å²) in [7, 11) is 0. The molecule has 0 aromatic rings. The number of hydrogen-bond acceptors (Lipinski definition) is 14. The first kappa shape index (κ1) is 48.7. The Balaban J connectivity index is 1.78. The molecule has 0 bridgehead atoms. The Morgan fingerprint density at radius 2 is 1.07 bits per heavy atom. The minimum absolute atomic E-state index is 0.0731. The largest absolute Gasteiger partial charge is 0.379 e. The summed E-state index contributed by atoms with van der Waals surface area (Å²) < 4.78 is 43.5. The first-order valence-corrected chi connectivity index (χ1v) is 18.6. The van der Waals surface area contributed by atoms with Crippen LogP contribution in [0.2, 0.25) is 0 Å². The van der Waals surface area contributed by atoms with Crippen molar-refractivity contribution >= 4 is 35.4 Å². The summed E-state index contributed by atoms with van der Waals surface area (Å²) in [5.41, 5.74) is 5.18. The molecule has 1 aliphatic heterocycles. The average molecular weight is 778 g/mol. The van der Waals surface area contributed by atoms with Gasteiger partial charge in [0.05, 0.1) is 106 Å². The van der Waals surface area contributed by atoms with E-state index in [1.165, 1.54) is 6.92 Å². The molecule has 19 nitrogen and oxygen atoms in total. The van der Waals surface area contributed by atoms with Crippen molar-refractivity contribution in [3.8, 4) is 0 Å². The van der Waals surface area contributed by atoms with Crippen molar-refractivity contribution in [2.45, 2.75) is 59.0 Å². The number of nitrogens with two attached hydrogens (primary N) is 1. The molecule has 0 aromatic carbocycles. The van der Waals surface area contributed by atoms with Crippen molar-refractivity contribution in [1.82, 2.24) is 20.9 Å². The third-order valence-electron chi connectivity index (χ3n) is 7.73. The molecule has 1 saturated heterocycles. The Bertz CT molecular complexity index is 1100. The fraction of sp³-hybridized carbons (Fsp3) is 0.829. The first-order chi connectivity index (χ1) is 25.9. The Morgan fingerprint density at radius 3 is 1.46 bits per heavy atom. The Labute approximate surface area is 318 Å². The molecule has 0 aliphatic carbocycles. The molecule has 1 fully saturated rings. The number of primary amides is 1. The van der Waals surface area contributed by atoms with Crippen LogP contribution in [0.15, 0.2) is 0 Å². The summed E-state index contributed by atoms with van der Waals surface area (Å²) in [5, 5.41) is 7.85. The van der Waals surface area contributed by atoms with E-state index in [1.54, 1.807) is 20.8 Å². The predicted molar refractivity (Wildman–Crippen MR) is 193 cm³/mol. The van der Waals surface area contributed by atoms with E-state index in [2.05, 4.69) is 16.0 Å². The van der Waals surface area contributed by atoms with Crippen LogP contribution in [-0.2, 0) is 66.7 Å². The predicted octanol–water partition coefficient (Wildman–Crippen LogP) is -1.46. The minimum atomic E-state index is -0.836. The SMILES string of the molecule is CC1CC(=O)N(CCC(=O)NCCOCCOCCOCCOCCOCCOCCOCCOCCC(=O)N[C@H](C(=O)N[C@@H](C)C(N)=O)C(C)C)C1=O. The average Bonchev–Trinajstić information content (AvgIpc) is 3.37. The van der Waals surface area contributed by atoms with Crippen molar-refractivity contribution in [3.63, 3.8) is 0 Å². The van der Waals surface area contributed by atoms with E-state index in [-0.39, 0.29) is 67.9 Å². The fourth-order valence-electron chi connectivity index (χ4n) is 4.61. The van der Waals surface area contributed by atoms with Gasteiger partial charge in [0.25, 0.3) is 0 Å². The smallest absolute Gasteiger partial charge is 0.243 e. The molecule has 312 valence electrons. The number of carbonyl (C=O) groups is 6. The van der Waals surface area contributed by atoms with Gasteiger partial charge < -0.3 is 59.6 Å². The van der Waals surface area contributed by atoms with Crippen molar-refractivity contribution in [3.05, 3.63) is 0 Å². The van der Waals surface area contributed by atoms with Gasteiger partial charge in [-0.2, -0.15) is 0 Å². The van der Waals surface area contributed by atoms with Gasteiger partial charge in [-0.3, -0.25) is 33.7 Å². The van der Waals surface area contributed by atoms with Gasteiger partial charge in [-0.15, -0.1) is 0 Å². The van der Waals surface area contributed by atoms with E-state index >= 15 is 0 Å². The summed E-state index contributed by atoms with van der Waals surface area (Å²) in [6, 6.07) is -1.63. The van der Waals surface area contributed by atoms with Gasteiger partial charge in [0.15, 0.2) is 0 Å². The zero-order chi connectivity index (χ0) is 40.0. The number of carbonyl (C=O) groups excluding carboxylic acids is 6. The fourth-order valence-corrected chi connectivity index (χ4v) is 4.61. The van der Waals surface area contributed by atoms with Crippen LogP contribution < -0.4 is 21.7 Å². The topological polar surface area (TPSA) is 242 Å². The summed E-state index contributed by atoms with van der Waals surface area (Å²) in [6.07, 6.45) is 0.352. The van der Waals surface area contributed by atoms with Crippen molar-refractivity contribution in [1.29, 1.82) is 0 Å². The molecule has 5 N–H and O–H groups in total. The van der Waals surface area contributed by atoms with Gasteiger partial charge in [0.1, 0.15) is 12.1 Å². The monoisotopic (exact) mass is 777 g/mol. The van der Waals surface area contributed by atoms with Gasteiger partial charge in [-0.1, -0.05) is 20.8 Å². The summed E-state index contributed by atoms with van der Waals surface area (Å²) in [4.78, 5) is 72.4. The second-order valence-corrected chi connectivity index (χ2v) is 12.7. The number of rotatable bonds is 35. The second-order valence-electron chi connectivity index (χ2n) is 12.7. The van der Waals surface area contributed by atoms with Gasteiger partial charge in [0, 0.05) is 38.3 Å². The molecular weight excluding hydrogens is 714 g/mol. The van der Waals surface area contributed by atoms with Crippen LogP contribution in [0.1, 0.15) is 47.0 Å². The molecule has 54 heavy (non-hydrogen) atoms. The summed E-state index contributed by atoms with van der Waals surface area (Å²) >= 11 is 0. The Morgan fingerprint density at radius 1 is 0.648 bits per heavy atom. The molecule has 0 saturated carbocycles. The van der Waals surface area contributed by atoms with Crippen LogP contribution in [0.25, 0.3) is 0 Å². The van der Waals surface area contributed by atoms with Crippen LogP contribution in [0.4, 0.5) is 0 Å². The van der Waals surface area contributed by atoms with Gasteiger partial charge >= 0.3 is 0 Å². The number of likely N-dealkylation sites (tertiary alicyclic amines) is 1. The van der Waals surface area contributed by atoms with Crippen molar-refractivity contribution in [2.24, 2.45) is 17.6 Å². The van der Waals surface area contributed by atoms with Gasteiger partial charge in [-0.05, 0) is 12.8 Å². The first-order valence-electron chi connectivity index (χ1n) is 18.6. The van der Waals surface area contributed by atoms with Crippen LogP contribution in [0, 0.1) is 11.8 Å². The lowest BCUT2D eigenvalue weighted by Crippen LogP contribution is -2.54. The highest BCUT2D eigenvalue weighted by Gasteiger charge is 2.35. The standard InChI is InChI=1S/C35H63N5O14/c1-26(2)32(34(45)38-28(4)33(36)44)39-30(42)6-9-47-11-13-49-15-17-51-19-21-53-23-24-54-22-20-52-18-16-50-14-12-48-10-7-37-29(41)5-8-40-31(43)25-27(3)35(40)46/h26-28,32H,5-25H2,1-4H3,(H2,36,44)(H,37,41)(H,38,45)(H,39,42)/t27?,28-,32-/m0/s1. The maximum atomic E-state index is 12.3. The van der Waals surface area contributed by atoms with E-state index in [4.69, 9.17) is 43.6 Å². The van der Waals surface area contributed by atoms with Crippen molar-refractivity contribution < 1.29 is 66.7 Å². The molecule has 6 amide bonds. The lowest BCUT2D eigenvalue weighted by molar-refractivity contribution is -0.139. The molecule has 1 rings (SSSR count). The molecule has 0 aromatic heterocycles. The zero-order valence-corrected chi connectivity index (χ0v) is 32.4. The van der Waals surface area contributed by atoms with E-state index in [0.717, 1.165) is 4.90 Å². The van der Waals surface area contributed by atoms with Gasteiger partial charge in [0.2, 0.25) is 35.4 Å². The zero-order valence-electron chi connectivity index (χ0n) is 32.4. The van der Waals surface area contributed by atoms with E-state index in [0.29, 0.717) is 106 Å². The van der Waals surface area contributed by atoms with E-state index < -0.39 is 23.9 Å². The van der Waals surface area contributed by atoms with E-state index in [9.17, 15) is 28.8 Å². The third-order valence-corrected chi connectivity index (χ3v) is 7.73. The number of imide groups is 1. The highest BCUT2D eigenvalue weighted by atomic mass is 16.6. The lowest BCUT2D eigenvalue weighted by atomic mass is 10.0. The molecule has 1 heterocycles. The Hall–Kier alpha value is -3.30. The molecule has 1 unspecified atom stereocenters. The van der Waals surface area contributed by atoms with Crippen LogP contribution in [0.3, 0.4) is 0 Å². The minimum Gasteiger partial charge on any atom is -0.379 e. The highest BCUT2D eigenvalue weighted by Crippen LogP contribution is 2.18. The molecule has 0 spiro atoms. The summed E-state index contributed by atoms with van der Waals surface area (Å²) in [5.74, 6) is -2.65. The van der Waals surface area contributed by atoms with Crippen LogP contribution in [0.5, 0.6) is 0 Å². The number of ether oxygens (including phenoxy) is 8. The van der Waals surface area contributed by atoms with E-state index in [1.807, 2.05) is 0 Å². The molecule has 3 atom stereocenters. The van der Waals surface area contributed by atoms with Gasteiger partial charge in [-0.25, -0.2) is 0 Å². The third kappa shape index (κ3) is 24.2. The Kier molecular flexibility index (Phi) is 27.9. The maximum absolute atomic E-state index is 12.3. The molecular formula is C35H63N5O14. The number of hydrogen-bond donors (Lipinski definition) is 4. The number of nitrogens with zero attached hydrogens (tertiary/aromatic N) is 1. The quantitative estimate of drug-likeness (QED) is 0.0425. The van der Waals surface area contributed by atoms with Crippen LogP contribution >= 0.6 is 0 Å². The number of nitrogens with one attached hydrogen (secondary N) is 3. The normalized spacial score (nSPS) is 15.4. The molecule has 0 radical (unpaired) electrons. The summed E-state index contributed by atoms with van der Waals surface area (Å²) in [6.45, 7) is 13.3. The molecule has 19 heteroatoms. The second kappa shape index (κ2) is 31.0. The number of amides is 6.